The zero-order valence-electron chi connectivity index (χ0n) is 12.9. The number of aryl methyl sites for hydroxylation is 2. The van der Waals surface area contributed by atoms with Crippen LogP contribution in [0.25, 0.3) is 0 Å². The van der Waals surface area contributed by atoms with Crippen molar-refractivity contribution in [1.29, 1.82) is 0 Å². The van der Waals surface area contributed by atoms with Gasteiger partial charge in [0, 0.05) is 18.8 Å². The molecule has 0 aliphatic rings. The fourth-order valence-corrected chi connectivity index (χ4v) is 2.27. The molecule has 2 rings (SSSR count). The molecular formula is C17H21N3O2. The number of amides is 2. The highest BCUT2D eigenvalue weighted by atomic mass is 16.3. The number of anilines is 1. The van der Waals surface area contributed by atoms with Gasteiger partial charge in [0.15, 0.2) is 0 Å². The number of aliphatic hydroxyl groups excluding tert-OH is 1. The number of hydrogen-bond donors (Lipinski definition) is 2. The van der Waals surface area contributed by atoms with E-state index in [-0.39, 0.29) is 19.2 Å². The lowest BCUT2D eigenvalue weighted by atomic mass is 10.2. The highest BCUT2D eigenvalue weighted by Crippen LogP contribution is 2.11. The third kappa shape index (κ3) is 4.56. The first-order chi connectivity index (χ1) is 10.6. The molecule has 0 aliphatic carbocycles. The van der Waals surface area contributed by atoms with Crippen molar-refractivity contribution in [3.05, 3.63) is 59.3 Å². The highest BCUT2D eigenvalue weighted by Gasteiger charge is 2.14. The van der Waals surface area contributed by atoms with E-state index >= 15 is 0 Å². The number of pyridine rings is 1. The van der Waals surface area contributed by atoms with Crippen LogP contribution in [-0.2, 0) is 6.54 Å². The molecule has 2 N–H and O–H groups in total. The quantitative estimate of drug-likeness (QED) is 0.892. The Labute approximate surface area is 130 Å². The molecule has 5 nitrogen and oxygen atoms in total. The number of urea groups is 1. The van der Waals surface area contributed by atoms with Gasteiger partial charge in [-0.2, -0.15) is 0 Å². The first kappa shape index (κ1) is 16.0. The minimum absolute atomic E-state index is 0.0828. The van der Waals surface area contributed by atoms with Crippen molar-refractivity contribution in [2.75, 3.05) is 18.5 Å². The monoisotopic (exact) mass is 299 g/mol. The Morgan fingerprint density at radius 2 is 1.95 bits per heavy atom. The Morgan fingerprint density at radius 3 is 2.59 bits per heavy atom. The van der Waals surface area contributed by atoms with E-state index in [0.29, 0.717) is 12.4 Å². The van der Waals surface area contributed by atoms with Gasteiger partial charge in [0.05, 0.1) is 6.61 Å². The summed E-state index contributed by atoms with van der Waals surface area (Å²) in [5.41, 5.74) is 2.91. The van der Waals surface area contributed by atoms with Gasteiger partial charge in [0.2, 0.25) is 0 Å². The zero-order valence-corrected chi connectivity index (χ0v) is 12.9. The number of nitrogens with one attached hydrogen (secondary N) is 1. The summed E-state index contributed by atoms with van der Waals surface area (Å²) < 4.78 is 0. The van der Waals surface area contributed by atoms with Crippen LogP contribution < -0.4 is 5.32 Å². The lowest BCUT2D eigenvalue weighted by molar-refractivity contribution is 0.185. The fourth-order valence-electron chi connectivity index (χ4n) is 2.27. The van der Waals surface area contributed by atoms with Crippen LogP contribution >= 0.6 is 0 Å². The van der Waals surface area contributed by atoms with Gasteiger partial charge in [-0.25, -0.2) is 9.78 Å². The average Bonchev–Trinajstić information content (AvgIpc) is 2.46. The number of carbonyl (C=O) groups is 1. The van der Waals surface area contributed by atoms with E-state index in [2.05, 4.69) is 10.3 Å². The van der Waals surface area contributed by atoms with Crippen LogP contribution in [-0.4, -0.2) is 34.2 Å². The molecule has 2 aromatic rings. The summed E-state index contributed by atoms with van der Waals surface area (Å²) in [5, 5.41) is 12.0. The maximum atomic E-state index is 12.4. The summed E-state index contributed by atoms with van der Waals surface area (Å²) in [6.45, 7) is 4.47. The Balaban J connectivity index is 2.09. The number of aromatic nitrogens is 1. The molecule has 0 unspecified atom stereocenters. The molecule has 1 heterocycles. The van der Waals surface area contributed by atoms with E-state index in [4.69, 9.17) is 0 Å². The van der Waals surface area contributed by atoms with Gasteiger partial charge in [-0.15, -0.1) is 0 Å². The summed E-state index contributed by atoms with van der Waals surface area (Å²) in [6.07, 6.45) is 0. The van der Waals surface area contributed by atoms with Crippen molar-refractivity contribution in [1.82, 2.24) is 9.88 Å². The van der Waals surface area contributed by atoms with E-state index in [9.17, 15) is 9.90 Å². The smallest absolute Gasteiger partial charge is 0.323 e. The zero-order chi connectivity index (χ0) is 15.9. The van der Waals surface area contributed by atoms with E-state index < -0.39 is 0 Å². The van der Waals surface area contributed by atoms with Crippen LogP contribution in [0.3, 0.4) is 0 Å². The van der Waals surface area contributed by atoms with Gasteiger partial charge in [-0.1, -0.05) is 30.3 Å². The number of benzene rings is 1. The lowest BCUT2D eigenvalue weighted by Gasteiger charge is -2.22. The predicted molar refractivity (Wildman–Crippen MR) is 86.7 cm³/mol. The molecule has 0 saturated heterocycles. The van der Waals surface area contributed by atoms with Crippen molar-refractivity contribution in [2.24, 2.45) is 0 Å². The van der Waals surface area contributed by atoms with Gasteiger partial charge in [0.1, 0.15) is 5.82 Å². The molecule has 0 saturated carbocycles. The summed E-state index contributed by atoms with van der Waals surface area (Å²) in [6, 6.07) is 13.2. The molecule has 0 spiro atoms. The maximum Gasteiger partial charge on any atom is 0.323 e. The number of carbonyl (C=O) groups excluding carboxylic acids is 1. The van der Waals surface area contributed by atoms with Crippen LogP contribution in [0.2, 0.25) is 0 Å². The van der Waals surface area contributed by atoms with Crippen LogP contribution in [0.15, 0.2) is 42.5 Å². The van der Waals surface area contributed by atoms with Gasteiger partial charge in [-0.3, -0.25) is 5.32 Å². The molecule has 116 valence electrons. The van der Waals surface area contributed by atoms with Gasteiger partial charge in [0.25, 0.3) is 0 Å². The summed E-state index contributed by atoms with van der Waals surface area (Å²) in [5.74, 6) is 0.526. The van der Waals surface area contributed by atoms with E-state index in [1.807, 2.05) is 56.3 Å². The predicted octanol–water partition coefficient (Wildman–Crippen LogP) is 2.72. The van der Waals surface area contributed by atoms with Crippen molar-refractivity contribution in [2.45, 2.75) is 20.4 Å². The first-order valence-corrected chi connectivity index (χ1v) is 7.24. The van der Waals surface area contributed by atoms with Gasteiger partial charge in [-0.05, 0) is 37.1 Å². The van der Waals surface area contributed by atoms with Gasteiger partial charge < -0.3 is 10.0 Å². The molecule has 1 aromatic heterocycles. The summed E-state index contributed by atoms with van der Waals surface area (Å²) in [4.78, 5) is 18.3. The third-order valence-corrected chi connectivity index (χ3v) is 3.21. The standard InChI is InChI=1S/C17H21N3O2/c1-13-10-14(2)18-16(11-13)19-17(22)20(8-9-21)12-15-6-4-3-5-7-15/h3-7,10-11,21H,8-9,12H2,1-2H3,(H,18,19,22). The molecule has 5 heteroatoms. The van der Waals surface area contributed by atoms with Crippen molar-refractivity contribution >= 4 is 11.8 Å². The topological polar surface area (TPSA) is 65.5 Å². The molecule has 0 atom stereocenters. The van der Waals surface area contributed by atoms with E-state index in [1.54, 1.807) is 4.90 Å². The normalized spacial score (nSPS) is 10.3. The van der Waals surface area contributed by atoms with Crippen LogP contribution in [0.1, 0.15) is 16.8 Å². The molecular weight excluding hydrogens is 278 g/mol. The largest absolute Gasteiger partial charge is 0.395 e. The average molecular weight is 299 g/mol. The lowest BCUT2D eigenvalue weighted by Crippen LogP contribution is -2.36. The summed E-state index contributed by atoms with van der Waals surface area (Å²) >= 11 is 0. The molecule has 0 fully saturated rings. The molecule has 0 aliphatic heterocycles. The van der Waals surface area contributed by atoms with Gasteiger partial charge >= 0.3 is 6.03 Å². The van der Waals surface area contributed by atoms with E-state index in [1.165, 1.54) is 0 Å². The van der Waals surface area contributed by atoms with Crippen LogP contribution in [0, 0.1) is 13.8 Å². The molecule has 22 heavy (non-hydrogen) atoms. The molecule has 2 amide bonds. The van der Waals surface area contributed by atoms with Crippen LogP contribution in [0.4, 0.5) is 10.6 Å². The van der Waals surface area contributed by atoms with Crippen molar-refractivity contribution in [3.8, 4) is 0 Å². The second-order valence-electron chi connectivity index (χ2n) is 5.23. The molecule has 0 bridgehead atoms. The second kappa shape index (κ2) is 7.56. The first-order valence-electron chi connectivity index (χ1n) is 7.24. The van der Waals surface area contributed by atoms with Crippen molar-refractivity contribution in [3.63, 3.8) is 0 Å². The van der Waals surface area contributed by atoms with E-state index in [0.717, 1.165) is 16.8 Å². The minimum Gasteiger partial charge on any atom is -0.395 e. The molecule has 0 radical (unpaired) electrons. The second-order valence-corrected chi connectivity index (χ2v) is 5.23. The molecule has 1 aromatic carbocycles. The number of rotatable bonds is 5. The summed E-state index contributed by atoms with van der Waals surface area (Å²) in [7, 11) is 0. The Kier molecular flexibility index (Phi) is 5.49. The Hall–Kier alpha value is -2.40. The maximum absolute atomic E-state index is 12.4. The van der Waals surface area contributed by atoms with Crippen molar-refractivity contribution < 1.29 is 9.90 Å². The highest BCUT2D eigenvalue weighted by molar-refractivity contribution is 5.88. The number of nitrogens with zero attached hydrogens (tertiary/aromatic N) is 2. The SMILES string of the molecule is Cc1cc(C)nc(NC(=O)N(CCO)Cc2ccccc2)c1. The minimum atomic E-state index is -0.268. The van der Waals surface area contributed by atoms with Crippen LogP contribution in [0.5, 0.6) is 0 Å². The number of aliphatic hydroxyl groups is 1. The fraction of sp³-hybridized carbons (Fsp3) is 0.294. The number of hydrogen-bond acceptors (Lipinski definition) is 3. The Morgan fingerprint density at radius 1 is 1.23 bits per heavy atom. The third-order valence-electron chi connectivity index (χ3n) is 3.21. The Bertz CT molecular complexity index is 609.